The molecule has 0 heterocycles. The number of hydrogen-bond donors (Lipinski definition) is 1. The highest BCUT2D eigenvalue weighted by molar-refractivity contribution is 5.14. The van der Waals surface area contributed by atoms with Gasteiger partial charge >= 0.3 is 0 Å². The van der Waals surface area contributed by atoms with Crippen LogP contribution < -0.4 is 5.73 Å². The van der Waals surface area contributed by atoms with Gasteiger partial charge in [-0.05, 0) is 6.92 Å². The Morgan fingerprint density at radius 1 is 1.88 bits per heavy atom. The first-order valence-electron chi connectivity index (χ1n) is 2.77. The molecule has 1 aliphatic carbocycles. The summed E-state index contributed by atoms with van der Waals surface area (Å²) in [5.41, 5.74) is 6.39. The number of rotatable bonds is 0. The van der Waals surface area contributed by atoms with Crippen molar-refractivity contribution in [2.75, 3.05) is 0 Å². The summed E-state index contributed by atoms with van der Waals surface area (Å²) in [6.07, 6.45) is 1.49. The first-order chi connectivity index (χ1) is 3.70. The summed E-state index contributed by atoms with van der Waals surface area (Å²) in [6.45, 7) is 1.90. The van der Waals surface area contributed by atoms with Crippen molar-refractivity contribution in [2.45, 2.75) is 25.6 Å². The van der Waals surface area contributed by atoms with Crippen molar-refractivity contribution < 1.29 is 4.39 Å². The van der Waals surface area contributed by atoms with E-state index in [1.807, 2.05) is 6.92 Å². The second kappa shape index (κ2) is 1.86. The molecule has 0 aromatic heterocycles. The zero-order valence-electron chi connectivity index (χ0n) is 4.89. The maximum atomic E-state index is 12.4. The molecule has 0 bridgehead atoms. The van der Waals surface area contributed by atoms with Gasteiger partial charge in [0.2, 0.25) is 0 Å². The van der Waals surface area contributed by atoms with Crippen molar-refractivity contribution in [1.82, 2.24) is 0 Å². The van der Waals surface area contributed by atoms with E-state index >= 15 is 0 Å². The van der Waals surface area contributed by atoms with Crippen LogP contribution in [0.2, 0.25) is 0 Å². The molecule has 0 aliphatic heterocycles. The zero-order valence-corrected chi connectivity index (χ0v) is 4.89. The van der Waals surface area contributed by atoms with E-state index in [2.05, 4.69) is 0 Å². The average Bonchev–Trinajstić information content (AvgIpc) is 1.85. The van der Waals surface area contributed by atoms with E-state index in [1.165, 1.54) is 0 Å². The van der Waals surface area contributed by atoms with Crippen LogP contribution in [0.25, 0.3) is 0 Å². The van der Waals surface area contributed by atoms with E-state index in [-0.39, 0.29) is 6.04 Å². The predicted molar refractivity (Wildman–Crippen MR) is 31.2 cm³/mol. The summed E-state index contributed by atoms with van der Waals surface area (Å²) in [7, 11) is 0. The molecule has 0 aromatic carbocycles. The maximum absolute atomic E-state index is 12.4. The van der Waals surface area contributed by atoms with Crippen LogP contribution in [-0.4, -0.2) is 12.2 Å². The molecule has 1 rings (SSSR count). The Bertz CT molecular complexity index is 120. The molecule has 0 amide bonds. The lowest BCUT2D eigenvalue weighted by Gasteiger charge is -2.01. The number of hydrogen-bond acceptors (Lipinski definition) is 1. The smallest absolute Gasteiger partial charge is 0.122 e. The molecule has 2 atom stereocenters. The summed E-state index contributed by atoms with van der Waals surface area (Å²) < 4.78 is 12.4. The summed E-state index contributed by atoms with van der Waals surface area (Å²) in [6, 6.07) is -0.338. The second-order valence-electron chi connectivity index (χ2n) is 2.31. The van der Waals surface area contributed by atoms with Crippen molar-refractivity contribution in [3.8, 4) is 0 Å². The molecule has 1 nitrogen and oxygen atoms in total. The van der Waals surface area contributed by atoms with E-state index in [0.29, 0.717) is 6.42 Å². The van der Waals surface area contributed by atoms with Gasteiger partial charge in [-0.25, -0.2) is 4.39 Å². The van der Waals surface area contributed by atoms with Gasteiger partial charge in [-0.2, -0.15) is 0 Å². The molecule has 0 fully saturated rings. The second-order valence-corrected chi connectivity index (χ2v) is 2.31. The maximum Gasteiger partial charge on any atom is 0.122 e. The molecule has 0 spiro atoms. The van der Waals surface area contributed by atoms with Crippen LogP contribution >= 0.6 is 0 Å². The van der Waals surface area contributed by atoms with Gasteiger partial charge < -0.3 is 5.73 Å². The average molecular weight is 115 g/mol. The largest absolute Gasteiger partial charge is 0.322 e. The molecule has 0 aromatic rings. The van der Waals surface area contributed by atoms with E-state index < -0.39 is 6.17 Å². The van der Waals surface area contributed by atoms with Crippen LogP contribution in [0.4, 0.5) is 4.39 Å². The van der Waals surface area contributed by atoms with Gasteiger partial charge in [0.1, 0.15) is 6.17 Å². The van der Waals surface area contributed by atoms with Crippen molar-refractivity contribution >= 4 is 0 Å². The highest BCUT2D eigenvalue weighted by atomic mass is 19.1. The van der Waals surface area contributed by atoms with Crippen molar-refractivity contribution in [2.24, 2.45) is 5.73 Å². The minimum absolute atomic E-state index is 0.338. The Morgan fingerprint density at radius 3 is 2.62 bits per heavy atom. The Labute approximate surface area is 48.4 Å². The summed E-state index contributed by atoms with van der Waals surface area (Å²) >= 11 is 0. The lowest BCUT2D eigenvalue weighted by atomic mass is 10.2. The van der Waals surface area contributed by atoms with Crippen LogP contribution in [0.3, 0.4) is 0 Å². The molecular weight excluding hydrogens is 105 g/mol. The van der Waals surface area contributed by atoms with E-state index in [0.717, 1.165) is 5.57 Å². The Kier molecular flexibility index (Phi) is 1.34. The van der Waals surface area contributed by atoms with Gasteiger partial charge in [-0.3, -0.25) is 0 Å². The van der Waals surface area contributed by atoms with E-state index in [9.17, 15) is 4.39 Å². The molecule has 1 aliphatic rings. The summed E-state index contributed by atoms with van der Waals surface area (Å²) in [5, 5.41) is 0. The highest BCUT2D eigenvalue weighted by Gasteiger charge is 2.20. The van der Waals surface area contributed by atoms with Gasteiger partial charge in [0.15, 0.2) is 0 Å². The van der Waals surface area contributed by atoms with Gasteiger partial charge in [0.25, 0.3) is 0 Å². The normalized spacial score (nSPS) is 37.6. The van der Waals surface area contributed by atoms with Crippen molar-refractivity contribution in [3.63, 3.8) is 0 Å². The molecule has 0 unspecified atom stereocenters. The number of halogens is 1. The molecule has 46 valence electrons. The fourth-order valence-corrected chi connectivity index (χ4v) is 0.945. The lowest BCUT2D eigenvalue weighted by Crippen LogP contribution is -2.24. The highest BCUT2D eigenvalue weighted by Crippen LogP contribution is 2.19. The van der Waals surface area contributed by atoms with Gasteiger partial charge in [-0.15, -0.1) is 0 Å². The van der Waals surface area contributed by atoms with Gasteiger partial charge in [-0.1, -0.05) is 11.6 Å². The van der Waals surface area contributed by atoms with E-state index in [4.69, 9.17) is 5.73 Å². The van der Waals surface area contributed by atoms with Crippen molar-refractivity contribution in [3.05, 3.63) is 11.6 Å². The minimum atomic E-state index is -0.824. The third-order valence-corrected chi connectivity index (χ3v) is 1.41. The monoisotopic (exact) mass is 115 g/mol. The Hall–Kier alpha value is -0.370. The quantitative estimate of drug-likeness (QED) is 0.468. The standard InChI is InChI=1S/C6H10FN/c1-4-2-5(7)6(8)3-4/h3,5-6H,2,8H2,1H3/t5-,6-/m0/s1. The fraction of sp³-hybridized carbons (Fsp3) is 0.667. The summed E-state index contributed by atoms with van der Waals surface area (Å²) in [4.78, 5) is 0. The van der Waals surface area contributed by atoms with Crippen LogP contribution in [0.15, 0.2) is 11.6 Å². The first-order valence-corrected chi connectivity index (χ1v) is 2.77. The molecule has 0 saturated carbocycles. The van der Waals surface area contributed by atoms with Gasteiger partial charge in [0.05, 0.1) is 6.04 Å². The molecule has 8 heavy (non-hydrogen) atoms. The number of nitrogens with two attached hydrogens (primary N) is 1. The van der Waals surface area contributed by atoms with Gasteiger partial charge in [0, 0.05) is 6.42 Å². The zero-order chi connectivity index (χ0) is 6.15. The minimum Gasteiger partial charge on any atom is -0.322 e. The van der Waals surface area contributed by atoms with Crippen LogP contribution in [-0.2, 0) is 0 Å². The third-order valence-electron chi connectivity index (χ3n) is 1.41. The van der Waals surface area contributed by atoms with Crippen LogP contribution in [0.1, 0.15) is 13.3 Å². The summed E-state index contributed by atoms with van der Waals surface area (Å²) in [5.74, 6) is 0. The fourth-order valence-electron chi connectivity index (χ4n) is 0.945. The van der Waals surface area contributed by atoms with Crippen LogP contribution in [0.5, 0.6) is 0 Å². The Balaban J connectivity index is 2.56. The molecule has 0 saturated heterocycles. The molecular formula is C6H10FN. The molecule has 0 radical (unpaired) electrons. The molecule has 2 heteroatoms. The third kappa shape index (κ3) is 0.892. The molecule has 2 N–H and O–H groups in total. The first kappa shape index (κ1) is 5.76. The Morgan fingerprint density at radius 2 is 2.50 bits per heavy atom. The lowest BCUT2D eigenvalue weighted by molar-refractivity contribution is 0.322. The van der Waals surface area contributed by atoms with Crippen molar-refractivity contribution in [1.29, 1.82) is 0 Å². The SMILES string of the molecule is CC1=C[C@H](N)[C@@H](F)C1. The number of alkyl halides is 1. The van der Waals surface area contributed by atoms with Crippen LogP contribution in [0, 0.1) is 0 Å². The number of allylic oxidation sites excluding steroid dienone is 1. The predicted octanol–water partition coefficient (Wildman–Crippen LogP) is 1.00. The van der Waals surface area contributed by atoms with E-state index in [1.54, 1.807) is 6.08 Å². The topological polar surface area (TPSA) is 26.0 Å².